The predicted octanol–water partition coefficient (Wildman–Crippen LogP) is 5.61. The van der Waals surface area contributed by atoms with Crippen LogP contribution in [0.5, 0.6) is 0 Å². The molecule has 11 heteroatoms. The molecule has 1 aliphatic carbocycles. The van der Waals surface area contributed by atoms with Crippen LogP contribution in [-0.2, 0) is 27.4 Å². The minimum atomic E-state index is -4.73. The summed E-state index contributed by atoms with van der Waals surface area (Å²) in [5.74, 6) is -0.0567. The van der Waals surface area contributed by atoms with Crippen LogP contribution in [0.3, 0.4) is 0 Å². The minimum Gasteiger partial charge on any atom is -0.312 e. The number of fused-ring (bicyclic) bond motifs is 1. The lowest BCUT2D eigenvalue weighted by molar-refractivity contribution is -0.137. The van der Waals surface area contributed by atoms with E-state index in [1.165, 1.54) is 6.07 Å². The highest BCUT2D eigenvalue weighted by Gasteiger charge is 2.36. The van der Waals surface area contributed by atoms with Gasteiger partial charge in [-0.15, -0.1) is 0 Å². The number of rotatable bonds is 4. The zero-order valence-corrected chi connectivity index (χ0v) is 19.1. The molecule has 2 aromatic rings. The normalized spacial score (nSPS) is 16.7. The molecule has 0 spiro atoms. The number of nitrogens with one attached hydrogen (secondary N) is 1. The van der Waals surface area contributed by atoms with Gasteiger partial charge in [0.15, 0.2) is 0 Å². The zero-order valence-electron chi connectivity index (χ0n) is 16.0. The van der Waals surface area contributed by atoms with Crippen molar-refractivity contribution >= 4 is 54.8 Å². The van der Waals surface area contributed by atoms with E-state index in [0.717, 1.165) is 37.0 Å². The summed E-state index contributed by atoms with van der Waals surface area (Å²) < 4.78 is 67.7. The van der Waals surface area contributed by atoms with E-state index in [9.17, 15) is 26.4 Å². The number of hydrogen-bond acceptors (Lipinski definition) is 3. The average Bonchev–Trinajstić information content (AvgIpc) is 3.02. The van der Waals surface area contributed by atoms with Gasteiger partial charge in [0, 0.05) is 28.3 Å². The van der Waals surface area contributed by atoms with Crippen LogP contribution in [0.2, 0.25) is 5.02 Å². The molecule has 1 heterocycles. The molecule has 0 bridgehead atoms. The third-order valence-electron chi connectivity index (χ3n) is 5.56. The number of hydrogen-bond donors (Lipinski definition) is 1. The van der Waals surface area contributed by atoms with E-state index in [1.54, 1.807) is 11.0 Å². The lowest BCUT2D eigenvalue weighted by Crippen LogP contribution is -2.37. The maximum atomic E-state index is 13.1. The fraction of sp³-hybridized carbons (Fsp3) is 0.350. The Kier molecular flexibility index (Phi) is 5.76. The summed E-state index contributed by atoms with van der Waals surface area (Å²) in [6, 6.07) is 5.82. The second-order valence-corrected chi connectivity index (χ2v) is 10.5. The number of carbonyl (C=O) groups excluding carboxylic acids is 1. The fourth-order valence-electron chi connectivity index (χ4n) is 3.71. The Morgan fingerprint density at radius 2 is 1.90 bits per heavy atom. The highest BCUT2D eigenvalue weighted by atomic mass is 79.9. The molecule has 1 saturated carbocycles. The molecule has 5 nitrogen and oxygen atoms in total. The van der Waals surface area contributed by atoms with Gasteiger partial charge in [0.25, 0.3) is 10.0 Å². The summed E-state index contributed by atoms with van der Waals surface area (Å²) in [5, 5.41) is -0.528. The van der Waals surface area contributed by atoms with Crippen molar-refractivity contribution in [2.45, 2.75) is 36.8 Å². The monoisotopic (exact) mass is 536 g/mol. The van der Waals surface area contributed by atoms with E-state index in [1.807, 2.05) is 0 Å². The van der Waals surface area contributed by atoms with E-state index in [4.69, 9.17) is 11.6 Å². The van der Waals surface area contributed by atoms with E-state index in [0.29, 0.717) is 24.7 Å². The summed E-state index contributed by atoms with van der Waals surface area (Å²) in [4.78, 5) is 14.2. The van der Waals surface area contributed by atoms with Gasteiger partial charge in [0.1, 0.15) is 4.90 Å². The topological polar surface area (TPSA) is 66.5 Å². The van der Waals surface area contributed by atoms with Gasteiger partial charge in [-0.2, -0.15) is 13.2 Å². The molecule has 166 valence electrons. The molecule has 1 N–H and O–H groups in total. The number of nitrogens with zero attached hydrogens (tertiary/aromatic N) is 1. The van der Waals surface area contributed by atoms with Crippen molar-refractivity contribution in [3.05, 3.63) is 51.0 Å². The van der Waals surface area contributed by atoms with E-state index in [-0.39, 0.29) is 26.9 Å². The summed E-state index contributed by atoms with van der Waals surface area (Å²) in [5.41, 5.74) is -0.0527. The molecular weight excluding hydrogens is 521 g/mol. The first-order valence-corrected chi connectivity index (χ1v) is 12.2. The van der Waals surface area contributed by atoms with Crippen LogP contribution < -0.4 is 9.62 Å². The highest BCUT2D eigenvalue weighted by molar-refractivity contribution is 9.10. The van der Waals surface area contributed by atoms with Gasteiger partial charge in [-0.1, -0.05) is 18.0 Å². The predicted molar refractivity (Wildman–Crippen MR) is 115 cm³/mol. The van der Waals surface area contributed by atoms with E-state index in [2.05, 4.69) is 20.7 Å². The molecule has 0 radical (unpaired) electrons. The summed E-state index contributed by atoms with van der Waals surface area (Å²) in [6.07, 6.45) is -1.47. The largest absolute Gasteiger partial charge is 0.417 e. The van der Waals surface area contributed by atoms with Crippen molar-refractivity contribution in [1.82, 2.24) is 0 Å². The lowest BCUT2D eigenvalue weighted by atomic mass is 9.84. The summed E-state index contributed by atoms with van der Waals surface area (Å²) >= 11 is 8.85. The Balaban J connectivity index is 1.67. The van der Waals surface area contributed by atoms with Crippen LogP contribution in [0.4, 0.5) is 24.5 Å². The first kappa shape index (κ1) is 22.4. The highest BCUT2D eigenvalue weighted by Crippen LogP contribution is 2.40. The Morgan fingerprint density at radius 3 is 2.52 bits per heavy atom. The Labute approximate surface area is 190 Å². The third-order valence-corrected chi connectivity index (χ3v) is 8.23. The van der Waals surface area contributed by atoms with Crippen molar-refractivity contribution < 1.29 is 26.4 Å². The molecule has 0 atom stereocenters. The molecule has 2 aromatic carbocycles. The SMILES string of the molecule is O=C(C1CCC1)N1CCc2cc(Br)c(S(=O)(=O)Nc3ccc(Cl)c(C(F)(F)F)c3)cc21. The molecule has 31 heavy (non-hydrogen) atoms. The number of benzene rings is 2. The molecule has 4 rings (SSSR count). The van der Waals surface area contributed by atoms with Gasteiger partial charge in [-0.3, -0.25) is 9.52 Å². The number of halogens is 5. The lowest BCUT2D eigenvalue weighted by Gasteiger charge is -2.29. The molecule has 0 unspecified atom stereocenters. The molecule has 1 aliphatic heterocycles. The molecular formula is C20H17BrClF3N2O3S. The van der Waals surface area contributed by atoms with Crippen molar-refractivity contribution in [3.8, 4) is 0 Å². The van der Waals surface area contributed by atoms with Gasteiger partial charge in [-0.25, -0.2) is 8.42 Å². The summed E-state index contributed by atoms with van der Waals surface area (Å²) in [7, 11) is -4.25. The summed E-state index contributed by atoms with van der Waals surface area (Å²) in [6.45, 7) is 0.472. The molecule has 2 aliphatic rings. The van der Waals surface area contributed by atoms with Crippen LogP contribution in [0.25, 0.3) is 0 Å². The van der Waals surface area contributed by atoms with Gasteiger partial charge >= 0.3 is 6.18 Å². The fourth-order valence-corrected chi connectivity index (χ4v) is 6.10. The van der Waals surface area contributed by atoms with Crippen molar-refractivity contribution in [2.24, 2.45) is 5.92 Å². The van der Waals surface area contributed by atoms with E-state index < -0.39 is 26.8 Å². The van der Waals surface area contributed by atoms with Crippen LogP contribution in [0.1, 0.15) is 30.4 Å². The third kappa shape index (κ3) is 4.29. The van der Waals surface area contributed by atoms with Gasteiger partial charge in [-0.05, 0) is 71.1 Å². The Morgan fingerprint density at radius 1 is 1.19 bits per heavy atom. The first-order chi connectivity index (χ1) is 14.5. The zero-order chi connectivity index (χ0) is 22.6. The quantitative estimate of drug-likeness (QED) is 0.551. The van der Waals surface area contributed by atoms with Crippen molar-refractivity contribution in [3.63, 3.8) is 0 Å². The standard InChI is InChI=1S/C20H17BrClF3N2O3S/c21-15-8-12-6-7-27(19(28)11-2-1-3-11)17(12)10-18(15)31(29,30)26-13-4-5-16(22)14(9-13)20(23,24)25/h4-5,8-11,26H,1-3,6-7H2. The minimum absolute atomic E-state index is 0.0175. The van der Waals surface area contributed by atoms with Gasteiger partial charge < -0.3 is 4.90 Å². The van der Waals surface area contributed by atoms with Crippen molar-refractivity contribution in [2.75, 3.05) is 16.2 Å². The van der Waals surface area contributed by atoms with Gasteiger partial charge in [0.2, 0.25) is 5.91 Å². The van der Waals surface area contributed by atoms with Crippen LogP contribution >= 0.6 is 27.5 Å². The van der Waals surface area contributed by atoms with E-state index >= 15 is 0 Å². The van der Waals surface area contributed by atoms with Crippen LogP contribution in [0, 0.1) is 5.92 Å². The second kappa shape index (κ2) is 7.97. The Bertz CT molecular complexity index is 1170. The number of amides is 1. The number of carbonyl (C=O) groups is 1. The number of anilines is 2. The number of alkyl halides is 3. The number of sulfonamides is 1. The maximum absolute atomic E-state index is 13.1. The second-order valence-electron chi connectivity index (χ2n) is 7.58. The van der Waals surface area contributed by atoms with Gasteiger partial charge in [0.05, 0.1) is 10.6 Å². The van der Waals surface area contributed by atoms with Crippen LogP contribution in [0.15, 0.2) is 39.7 Å². The molecule has 1 fully saturated rings. The Hall–Kier alpha value is -1.78. The van der Waals surface area contributed by atoms with Crippen molar-refractivity contribution in [1.29, 1.82) is 0 Å². The maximum Gasteiger partial charge on any atom is 0.417 e. The first-order valence-electron chi connectivity index (χ1n) is 9.51. The molecule has 0 saturated heterocycles. The van der Waals surface area contributed by atoms with Crippen LogP contribution in [-0.4, -0.2) is 20.9 Å². The molecule has 0 aromatic heterocycles. The smallest absolute Gasteiger partial charge is 0.312 e. The average molecular weight is 538 g/mol. The molecule has 1 amide bonds.